The Hall–Kier alpha value is -1.19. The van der Waals surface area contributed by atoms with Crippen LogP contribution in [-0.4, -0.2) is 23.5 Å². The van der Waals surface area contributed by atoms with Crippen molar-refractivity contribution in [3.05, 3.63) is 0 Å². The van der Waals surface area contributed by atoms with Crippen LogP contribution in [0.15, 0.2) is 0 Å². The largest absolute Gasteiger partial charge is 0.346 e. The van der Waals surface area contributed by atoms with Gasteiger partial charge in [0.05, 0.1) is 6.04 Å². The van der Waals surface area contributed by atoms with Gasteiger partial charge in [-0.2, -0.15) is 0 Å². The molecular weight excluding hydrogens is 206 g/mol. The Balaban J connectivity index is 4.56. The number of carbonyl (C=O) groups excluding carboxylic acids is 3. The van der Waals surface area contributed by atoms with Gasteiger partial charge in [-0.25, -0.2) is 0 Å². The summed E-state index contributed by atoms with van der Waals surface area (Å²) in [5.74, 6) is -0.450. The second kappa shape index (κ2) is 7.14. The number of amides is 1. The Bertz CT molecular complexity index is 253. The van der Waals surface area contributed by atoms with E-state index in [4.69, 9.17) is 0 Å². The Morgan fingerprint density at radius 2 is 1.62 bits per heavy atom. The normalized spacial score (nSPS) is 12.3. The van der Waals surface area contributed by atoms with E-state index < -0.39 is 6.04 Å². The summed E-state index contributed by atoms with van der Waals surface area (Å²) < 4.78 is 0. The summed E-state index contributed by atoms with van der Waals surface area (Å²) in [7, 11) is 0. The number of rotatable bonds is 7. The van der Waals surface area contributed by atoms with E-state index in [9.17, 15) is 14.4 Å². The molecule has 1 N–H and O–H groups in total. The molecule has 0 fully saturated rings. The first-order chi connectivity index (χ1) is 7.42. The summed E-state index contributed by atoms with van der Waals surface area (Å²) in [6, 6.07) is -0.653. The average Bonchev–Trinajstić information content (AvgIpc) is 2.26. The molecule has 92 valence electrons. The van der Waals surface area contributed by atoms with E-state index in [2.05, 4.69) is 5.32 Å². The minimum absolute atomic E-state index is 0.00426. The van der Waals surface area contributed by atoms with Crippen molar-refractivity contribution in [1.82, 2.24) is 5.32 Å². The van der Waals surface area contributed by atoms with Gasteiger partial charge in [0.15, 0.2) is 5.78 Å². The molecule has 1 amide bonds. The molecule has 0 radical (unpaired) electrons. The Labute approximate surface area is 96.8 Å². The summed E-state index contributed by atoms with van der Waals surface area (Å²) in [6.45, 7) is 7.00. The molecule has 0 bridgehead atoms. The molecule has 0 aliphatic carbocycles. The molecule has 0 heterocycles. The minimum atomic E-state index is -0.653. The Morgan fingerprint density at radius 1 is 1.06 bits per heavy atom. The lowest BCUT2D eigenvalue weighted by atomic mass is 9.96. The van der Waals surface area contributed by atoms with Crippen LogP contribution in [0.3, 0.4) is 0 Å². The van der Waals surface area contributed by atoms with Crippen LogP contribution in [0.4, 0.5) is 0 Å². The van der Waals surface area contributed by atoms with Gasteiger partial charge in [0, 0.05) is 25.2 Å². The fourth-order valence-electron chi connectivity index (χ4n) is 1.29. The van der Waals surface area contributed by atoms with Crippen molar-refractivity contribution in [2.75, 3.05) is 0 Å². The third kappa shape index (κ3) is 5.05. The van der Waals surface area contributed by atoms with Crippen LogP contribution in [0.5, 0.6) is 0 Å². The maximum Gasteiger partial charge on any atom is 0.220 e. The summed E-state index contributed by atoms with van der Waals surface area (Å²) in [5, 5.41) is 2.60. The van der Waals surface area contributed by atoms with Crippen LogP contribution >= 0.6 is 0 Å². The van der Waals surface area contributed by atoms with Gasteiger partial charge in [-0.15, -0.1) is 0 Å². The molecule has 1 atom stereocenters. The topological polar surface area (TPSA) is 63.2 Å². The van der Waals surface area contributed by atoms with Crippen LogP contribution in [0.25, 0.3) is 0 Å². The summed E-state index contributed by atoms with van der Waals surface area (Å²) in [6.07, 6.45) is 0.825. The zero-order valence-corrected chi connectivity index (χ0v) is 10.5. The zero-order valence-electron chi connectivity index (χ0n) is 10.5. The van der Waals surface area contributed by atoms with Crippen molar-refractivity contribution in [3.63, 3.8) is 0 Å². The van der Waals surface area contributed by atoms with Crippen molar-refractivity contribution in [2.24, 2.45) is 5.92 Å². The monoisotopic (exact) mass is 227 g/mol. The van der Waals surface area contributed by atoms with Gasteiger partial charge in [-0.3, -0.25) is 14.4 Å². The molecular formula is C12H21NO3. The molecule has 0 aromatic carbocycles. The standard InChI is InChI=1S/C12H21NO3/c1-5-9(14)7-10(12(16)8(3)4)13-11(15)6-2/h8,10H,5-7H2,1-4H3,(H,13,15). The third-order valence-electron chi connectivity index (χ3n) is 2.39. The molecule has 0 saturated carbocycles. The van der Waals surface area contributed by atoms with Crippen LogP contribution in [0, 0.1) is 5.92 Å². The molecule has 1 unspecified atom stereocenters. The molecule has 4 heteroatoms. The summed E-state index contributed by atoms with van der Waals surface area (Å²) >= 11 is 0. The van der Waals surface area contributed by atoms with Crippen LogP contribution < -0.4 is 5.32 Å². The van der Waals surface area contributed by atoms with Crippen LogP contribution in [0.1, 0.15) is 47.0 Å². The fourth-order valence-corrected chi connectivity index (χ4v) is 1.29. The van der Waals surface area contributed by atoms with E-state index in [0.717, 1.165) is 0 Å². The highest BCUT2D eigenvalue weighted by Gasteiger charge is 2.24. The predicted molar refractivity (Wildman–Crippen MR) is 62.0 cm³/mol. The average molecular weight is 227 g/mol. The van der Waals surface area contributed by atoms with E-state index in [0.29, 0.717) is 12.8 Å². The van der Waals surface area contributed by atoms with Crippen LogP contribution in [-0.2, 0) is 14.4 Å². The first-order valence-corrected chi connectivity index (χ1v) is 5.77. The number of ketones is 2. The highest BCUT2D eigenvalue weighted by atomic mass is 16.2. The predicted octanol–water partition coefficient (Wildman–Crippen LogP) is 1.48. The maximum atomic E-state index is 11.8. The smallest absolute Gasteiger partial charge is 0.220 e. The van der Waals surface area contributed by atoms with Gasteiger partial charge < -0.3 is 5.32 Å². The third-order valence-corrected chi connectivity index (χ3v) is 2.39. The highest BCUT2D eigenvalue weighted by molar-refractivity contribution is 5.94. The minimum Gasteiger partial charge on any atom is -0.346 e. The Kier molecular flexibility index (Phi) is 6.61. The van der Waals surface area contributed by atoms with Gasteiger partial charge in [0.25, 0.3) is 0 Å². The van der Waals surface area contributed by atoms with Gasteiger partial charge in [0.2, 0.25) is 5.91 Å². The molecule has 16 heavy (non-hydrogen) atoms. The number of Topliss-reactive ketones (excluding diaryl/α,β-unsaturated/α-hetero) is 2. The van der Waals surface area contributed by atoms with Gasteiger partial charge in [-0.1, -0.05) is 27.7 Å². The van der Waals surface area contributed by atoms with E-state index in [1.54, 1.807) is 27.7 Å². The molecule has 0 aliphatic rings. The van der Waals surface area contributed by atoms with E-state index in [1.807, 2.05) is 0 Å². The van der Waals surface area contributed by atoms with E-state index >= 15 is 0 Å². The van der Waals surface area contributed by atoms with Crippen molar-refractivity contribution < 1.29 is 14.4 Å². The molecule has 4 nitrogen and oxygen atoms in total. The molecule has 0 aliphatic heterocycles. The lowest BCUT2D eigenvalue weighted by Gasteiger charge is -2.18. The molecule has 0 spiro atoms. The quantitative estimate of drug-likeness (QED) is 0.716. The number of hydrogen-bond donors (Lipinski definition) is 1. The first-order valence-electron chi connectivity index (χ1n) is 5.77. The van der Waals surface area contributed by atoms with Crippen molar-refractivity contribution >= 4 is 17.5 Å². The Morgan fingerprint density at radius 3 is 2.00 bits per heavy atom. The fraction of sp³-hybridized carbons (Fsp3) is 0.750. The molecule has 0 saturated heterocycles. The van der Waals surface area contributed by atoms with Crippen molar-refractivity contribution in [3.8, 4) is 0 Å². The lowest BCUT2D eigenvalue weighted by molar-refractivity contribution is -0.131. The summed E-state index contributed by atoms with van der Waals surface area (Å²) in [5.41, 5.74) is 0. The van der Waals surface area contributed by atoms with Crippen LogP contribution in [0.2, 0.25) is 0 Å². The SMILES string of the molecule is CCC(=O)CC(NC(=O)CC)C(=O)C(C)C. The second-order valence-electron chi connectivity index (χ2n) is 4.13. The number of carbonyl (C=O) groups is 3. The van der Waals surface area contributed by atoms with E-state index in [1.165, 1.54) is 0 Å². The highest BCUT2D eigenvalue weighted by Crippen LogP contribution is 2.06. The first kappa shape index (κ1) is 14.8. The molecule has 0 aromatic rings. The summed E-state index contributed by atoms with van der Waals surface area (Å²) in [4.78, 5) is 34.3. The zero-order chi connectivity index (χ0) is 12.7. The molecule has 0 aromatic heterocycles. The van der Waals surface area contributed by atoms with Crippen molar-refractivity contribution in [1.29, 1.82) is 0 Å². The second-order valence-corrected chi connectivity index (χ2v) is 4.13. The number of hydrogen-bond acceptors (Lipinski definition) is 3. The van der Waals surface area contributed by atoms with Gasteiger partial charge >= 0.3 is 0 Å². The van der Waals surface area contributed by atoms with Gasteiger partial charge in [0.1, 0.15) is 5.78 Å². The van der Waals surface area contributed by atoms with Gasteiger partial charge in [-0.05, 0) is 0 Å². The molecule has 0 rings (SSSR count). The lowest BCUT2D eigenvalue weighted by Crippen LogP contribution is -2.43. The maximum absolute atomic E-state index is 11.8. The number of nitrogens with one attached hydrogen (secondary N) is 1. The van der Waals surface area contributed by atoms with E-state index in [-0.39, 0.29) is 29.8 Å². The van der Waals surface area contributed by atoms with Crippen molar-refractivity contribution in [2.45, 2.75) is 53.0 Å².